The fourth-order valence-electron chi connectivity index (χ4n) is 1.56. The molecule has 0 fully saturated rings. The summed E-state index contributed by atoms with van der Waals surface area (Å²) in [5.74, 6) is 0.766. The SMILES string of the molecule is CNC(CCC(C)C)c1cccnc1. The number of nitrogens with one attached hydrogen (secondary N) is 1. The van der Waals surface area contributed by atoms with Crippen molar-refractivity contribution in [1.29, 1.82) is 0 Å². The van der Waals surface area contributed by atoms with Crippen molar-refractivity contribution < 1.29 is 0 Å². The molecule has 1 unspecified atom stereocenters. The third-order valence-electron chi connectivity index (χ3n) is 2.47. The van der Waals surface area contributed by atoms with Crippen molar-refractivity contribution in [2.75, 3.05) is 7.05 Å². The second-order valence-corrected chi connectivity index (χ2v) is 4.10. The van der Waals surface area contributed by atoms with Gasteiger partial charge in [0.05, 0.1) is 0 Å². The summed E-state index contributed by atoms with van der Waals surface area (Å²) < 4.78 is 0. The fourth-order valence-corrected chi connectivity index (χ4v) is 1.56. The highest BCUT2D eigenvalue weighted by Crippen LogP contribution is 2.19. The second kappa shape index (κ2) is 5.76. The number of pyridine rings is 1. The van der Waals surface area contributed by atoms with Gasteiger partial charge in [0.25, 0.3) is 0 Å². The molecule has 0 aromatic carbocycles. The zero-order valence-electron chi connectivity index (χ0n) is 9.33. The maximum Gasteiger partial charge on any atom is 0.0332 e. The average Bonchev–Trinajstić information content (AvgIpc) is 2.20. The van der Waals surface area contributed by atoms with Crippen LogP contribution in [0.15, 0.2) is 24.5 Å². The maximum absolute atomic E-state index is 4.14. The smallest absolute Gasteiger partial charge is 0.0332 e. The molecule has 78 valence electrons. The van der Waals surface area contributed by atoms with Gasteiger partial charge in [-0.1, -0.05) is 19.9 Å². The molecule has 0 spiro atoms. The van der Waals surface area contributed by atoms with Crippen molar-refractivity contribution >= 4 is 0 Å². The molecule has 0 radical (unpaired) electrons. The van der Waals surface area contributed by atoms with E-state index < -0.39 is 0 Å². The van der Waals surface area contributed by atoms with Crippen molar-refractivity contribution in [3.05, 3.63) is 30.1 Å². The summed E-state index contributed by atoms with van der Waals surface area (Å²) in [5, 5.41) is 3.33. The van der Waals surface area contributed by atoms with Gasteiger partial charge in [-0.15, -0.1) is 0 Å². The number of rotatable bonds is 5. The van der Waals surface area contributed by atoms with Crippen molar-refractivity contribution in [1.82, 2.24) is 10.3 Å². The molecule has 0 saturated carbocycles. The molecule has 2 nitrogen and oxygen atoms in total. The second-order valence-electron chi connectivity index (χ2n) is 4.10. The van der Waals surface area contributed by atoms with E-state index in [9.17, 15) is 0 Å². The third kappa shape index (κ3) is 3.46. The van der Waals surface area contributed by atoms with Crippen molar-refractivity contribution in [2.45, 2.75) is 32.7 Å². The van der Waals surface area contributed by atoms with Crippen LogP contribution in [0.2, 0.25) is 0 Å². The molecular formula is C12H20N2. The monoisotopic (exact) mass is 192 g/mol. The Morgan fingerprint density at radius 1 is 1.36 bits per heavy atom. The van der Waals surface area contributed by atoms with E-state index >= 15 is 0 Å². The summed E-state index contributed by atoms with van der Waals surface area (Å²) in [6.07, 6.45) is 6.19. The minimum atomic E-state index is 0.450. The van der Waals surface area contributed by atoms with Crippen LogP contribution in [-0.4, -0.2) is 12.0 Å². The zero-order chi connectivity index (χ0) is 10.4. The zero-order valence-corrected chi connectivity index (χ0v) is 9.33. The molecule has 1 N–H and O–H groups in total. The van der Waals surface area contributed by atoms with Crippen LogP contribution in [0.1, 0.15) is 38.3 Å². The number of nitrogens with zero attached hydrogens (tertiary/aromatic N) is 1. The first-order valence-corrected chi connectivity index (χ1v) is 5.31. The van der Waals surface area contributed by atoms with Crippen LogP contribution in [0.3, 0.4) is 0 Å². The largest absolute Gasteiger partial charge is 0.313 e. The van der Waals surface area contributed by atoms with Gasteiger partial charge in [0.15, 0.2) is 0 Å². The van der Waals surface area contributed by atoms with Gasteiger partial charge in [-0.3, -0.25) is 4.98 Å². The highest BCUT2D eigenvalue weighted by atomic mass is 14.9. The molecule has 1 heterocycles. The molecule has 1 aromatic heterocycles. The van der Waals surface area contributed by atoms with Crippen LogP contribution in [0.4, 0.5) is 0 Å². The van der Waals surface area contributed by atoms with E-state index in [0.29, 0.717) is 6.04 Å². The van der Waals surface area contributed by atoms with Crippen LogP contribution >= 0.6 is 0 Å². The maximum atomic E-state index is 4.14. The Morgan fingerprint density at radius 2 is 2.14 bits per heavy atom. The minimum Gasteiger partial charge on any atom is -0.313 e. The van der Waals surface area contributed by atoms with Crippen LogP contribution in [0.25, 0.3) is 0 Å². The number of aromatic nitrogens is 1. The normalized spacial score (nSPS) is 13.1. The lowest BCUT2D eigenvalue weighted by Crippen LogP contribution is -2.17. The van der Waals surface area contributed by atoms with Gasteiger partial charge in [-0.25, -0.2) is 0 Å². The van der Waals surface area contributed by atoms with E-state index in [4.69, 9.17) is 0 Å². The molecule has 0 saturated heterocycles. The Kier molecular flexibility index (Phi) is 4.60. The van der Waals surface area contributed by atoms with E-state index in [2.05, 4.69) is 30.2 Å². The Bertz CT molecular complexity index is 244. The first-order valence-electron chi connectivity index (χ1n) is 5.31. The highest BCUT2D eigenvalue weighted by Gasteiger charge is 2.09. The molecule has 1 aromatic rings. The lowest BCUT2D eigenvalue weighted by molar-refractivity contribution is 0.464. The number of hydrogen-bond acceptors (Lipinski definition) is 2. The topological polar surface area (TPSA) is 24.9 Å². The molecule has 0 bridgehead atoms. The minimum absolute atomic E-state index is 0.450. The van der Waals surface area contributed by atoms with Gasteiger partial charge < -0.3 is 5.32 Å². The first-order chi connectivity index (χ1) is 6.74. The van der Waals surface area contributed by atoms with E-state index in [0.717, 1.165) is 5.92 Å². The Balaban J connectivity index is 2.54. The Labute approximate surface area is 86.8 Å². The van der Waals surface area contributed by atoms with Crippen LogP contribution < -0.4 is 5.32 Å². The van der Waals surface area contributed by atoms with Gasteiger partial charge >= 0.3 is 0 Å². The van der Waals surface area contributed by atoms with E-state index in [1.807, 2.05) is 25.5 Å². The highest BCUT2D eigenvalue weighted by molar-refractivity contribution is 5.13. The molecule has 2 heteroatoms. The molecule has 1 atom stereocenters. The standard InChI is InChI=1S/C12H20N2/c1-10(2)6-7-12(13-3)11-5-4-8-14-9-11/h4-5,8-10,12-13H,6-7H2,1-3H3. The lowest BCUT2D eigenvalue weighted by atomic mass is 9.99. The first kappa shape index (κ1) is 11.2. The fraction of sp³-hybridized carbons (Fsp3) is 0.583. The predicted molar refractivity (Wildman–Crippen MR) is 60.1 cm³/mol. The van der Waals surface area contributed by atoms with Gasteiger partial charge in [-0.2, -0.15) is 0 Å². The Hall–Kier alpha value is -0.890. The molecule has 0 amide bonds. The lowest BCUT2D eigenvalue weighted by Gasteiger charge is -2.17. The number of hydrogen-bond donors (Lipinski definition) is 1. The predicted octanol–water partition coefficient (Wildman–Crippen LogP) is 2.78. The van der Waals surface area contributed by atoms with Crippen molar-refractivity contribution in [3.8, 4) is 0 Å². The van der Waals surface area contributed by atoms with E-state index in [1.54, 1.807) is 0 Å². The summed E-state index contributed by atoms with van der Waals surface area (Å²) in [6.45, 7) is 4.52. The van der Waals surface area contributed by atoms with E-state index in [-0.39, 0.29) is 0 Å². The molecular weight excluding hydrogens is 172 g/mol. The van der Waals surface area contributed by atoms with Gasteiger partial charge in [0, 0.05) is 18.4 Å². The van der Waals surface area contributed by atoms with Gasteiger partial charge in [0.1, 0.15) is 0 Å². The molecule has 1 rings (SSSR count). The summed E-state index contributed by atoms with van der Waals surface area (Å²) in [5.41, 5.74) is 1.29. The summed E-state index contributed by atoms with van der Waals surface area (Å²) in [6, 6.07) is 4.58. The van der Waals surface area contributed by atoms with Crippen LogP contribution in [-0.2, 0) is 0 Å². The average molecular weight is 192 g/mol. The molecule has 0 aliphatic carbocycles. The molecule has 0 aliphatic rings. The molecule has 0 aliphatic heterocycles. The van der Waals surface area contributed by atoms with Crippen molar-refractivity contribution in [2.24, 2.45) is 5.92 Å². The van der Waals surface area contributed by atoms with Crippen LogP contribution in [0, 0.1) is 5.92 Å². The van der Waals surface area contributed by atoms with Crippen LogP contribution in [0.5, 0.6) is 0 Å². The quantitative estimate of drug-likeness (QED) is 0.776. The van der Waals surface area contributed by atoms with E-state index in [1.165, 1.54) is 18.4 Å². The molecule has 14 heavy (non-hydrogen) atoms. The Morgan fingerprint density at radius 3 is 2.64 bits per heavy atom. The van der Waals surface area contributed by atoms with Gasteiger partial charge in [-0.05, 0) is 37.4 Å². The summed E-state index contributed by atoms with van der Waals surface area (Å²) in [4.78, 5) is 4.14. The summed E-state index contributed by atoms with van der Waals surface area (Å²) >= 11 is 0. The third-order valence-corrected chi connectivity index (χ3v) is 2.47. The van der Waals surface area contributed by atoms with Crippen molar-refractivity contribution in [3.63, 3.8) is 0 Å². The van der Waals surface area contributed by atoms with Gasteiger partial charge in [0.2, 0.25) is 0 Å². The summed E-state index contributed by atoms with van der Waals surface area (Å²) in [7, 11) is 2.01.